The van der Waals surface area contributed by atoms with Gasteiger partial charge in [0.15, 0.2) is 0 Å². The van der Waals surface area contributed by atoms with Crippen LogP contribution in [-0.2, 0) is 16.4 Å². The van der Waals surface area contributed by atoms with Crippen LogP contribution in [0.1, 0.15) is 18.4 Å². The third-order valence-electron chi connectivity index (χ3n) is 4.37. The van der Waals surface area contributed by atoms with Crippen molar-refractivity contribution in [2.24, 2.45) is 5.92 Å². The average molecular weight is 394 g/mol. The van der Waals surface area contributed by atoms with E-state index in [-0.39, 0.29) is 0 Å². The van der Waals surface area contributed by atoms with Crippen LogP contribution in [0.3, 0.4) is 0 Å². The van der Waals surface area contributed by atoms with Crippen molar-refractivity contribution in [3.63, 3.8) is 0 Å². The molecule has 0 spiro atoms. The molecule has 1 fully saturated rings. The van der Waals surface area contributed by atoms with Gasteiger partial charge in [-0.2, -0.15) is 4.31 Å². The molecule has 0 aliphatic carbocycles. The average Bonchev–Trinajstić information content (AvgIpc) is 2.56. The van der Waals surface area contributed by atoms with Gasteiger partial charge in [-0.1, -0.05) is 52.3 Å². The first-order chi connectivity index (χ1) is 11.1. The lowest BCUT2D eigenvalue weighted by atomic mass is 9.91. The minimum absolute atomic E-state index is 0.369. The van der Waals surface area contributed by atoms with Gasteiger partial charge in [0.2, 0.25) is 10.0 Å². The lowest BCUT2D eigenvalue weighted by Gasteiger charge is -2.31. The minimum Gasteiger partial charge on any atom is -0.207 e. The molecule has 0 saturated carbocycles. The van der Waals surface area contributed by atoms with Crippen LogP contribution in [0.5, 0.6) is 0 Å². The van der Waals surface area contributed by atoms with Crippen molar-refractivity contribution < 1.29 is 8.42 Å². The highest BCUT2D eigenvalue weighted by Crippen LogP contribution is 2.27. The Bertz CT molecular complexity index is 754. The lowest BCUT2D eigenvalue weighted by molar-refractivity contribution is 0.273. The van der Waals surface area contributed by atoms with Gasteiger partial charge >= 0.3 is 0 Å². The van der Waals surface area contributed by atoms with Crippen LogP contribution in [0.4, 0.5) is 0 Å². The van der Waals surface area contributed by atoms with Gasteiger partial charge in [-0.05, 0) is 48.9 Å². The zero-order chi connectivity index (χ0) is 16.3. The number of sulfonamides is 1. The Morgan fingerprint density at radius 3 is 2.35 bits per heavy atom. The Balaban J connectivity index is 1.64. The summed E-state index contributed by atoms with van der Waals surface area (Å²) in [4.78, 5) is 0.369. The fraction of sp³-hybridized carbons (Fsp3) is 0.333. The maximum atomic E-state index is 12.7. The fourth-order valence-corrected chi connectivity index (χ4v) is 5.14. The molecule has 1 aliphatic heterocycles. The Labute approximate surface area is 146 Å². The molecule has 2 aromatic carbocycles. The number of piperidine rings is 1. The van der Waals surface area contributed by atoms with Crippen molar-refractivity contribution in [2.75, 3.05) is 13.1 Å². The summed E-state index contributed by atoms with van der Waals surface area (Å²) in [6, 6.07) is 17.4. The van der Waals surface area contributed by atoms with E-state index in [0.717, 1.165) is 23.7 Å². The van der Waals surface area contributed by atoms with Gasteiger partial charge in [0.1, 0.15) is 0 Å². The van der Waals surface area contributed by atoms with Crippen LogP contribution in [-0.4, -0.2) is 25.8 Å². The molecular formula is C18H20BrNO2S. The zero-order valence-corrected chi connectivity index (χ0v) is 15.3. The highest BCUT2D eigenvalue weighted by atomic mass is 79.9. The molecule has 5 heteroatoms. The van der Waals surface area contributed by atoms with E-state index < -0.39 is 10.0 Å². The van der Waals surface area contributed by atoms with Crippen LogP contribution < -0.4 is 0 Å². The molecule has 0 radical (unpaired) electrons. The number of halogens is 1. The van der Waals surface area contributed by atoms with Crippen LogP contribution >= 0.6 is 15.9 Å². The van der Waals surface area contributed by atoms with Gasteiger partial charge in [-0.25, -0.2) is 8.42 Å². The van der Waals surface area contributed by atoms with Gasteiger partial charge in [0.05, 0.1) is 4.90 Å². The first kappa shape index (κ1) is 16.7. The van der Waals surface area contributed by atoms with Crippen molar-refractivity contribution in [3.05, 3.63) is 64.6 Å². The fourth-order valence-electron chi connectivity index (χ4n) is 3.08. The van der Waals surface area contributed by atoms with E-state index in [2.05, 4.69) is 40.2 Å². The molecule has 0 amide bonds. The van der Waals surface area contributed by atoms with Gasteiger partial charge in [-0.3, -0.25) is 0 Å². The monoisotopic (exact) mass is 393 g/mol. The molecule has 1 heterocycles. The van der Waals surface area contributed by atoms with Crippen molar-refractivity contribution in [1.82, 2.24) is 4.31 Å². The molecule has 0 bridgehead atoms. The number of benzene rings is 2. The topological polar surface area (TPSA) is 37.4 Å². The number of hydrogen-bond acceptors (Lipinski definition) is 2. The second kappa shape index (κ2) is 7.16. The quantitative estimate of drug-likeness (QED) is 0.783. The predicted molar refractivity (Wildman–Crippen MR) is 95.8 cm³/mol. The SMILES string of the molecule is O=S(=O)(c1cccc(Br)c1)N1CCC(Cc2ccccc2)CC1. The van der Waals surface area contributed by atoms with E-state index in [1.54, 1.807) is 22.5 Å². The molecule has 3 nitrogen and oxygen atoms in total. The van der Waals surface area contributed by atoms with Crippen LogP contribution in [0.2, 0.25) is 0 Å². The second-order valence-electron chi connectivity index (χ2n) is 5.99. The highest BCUT2D eigenvalue weighted by molar-refractivity contribution is 9.10. The normalized spacial score (nSPS) is 17.3. The number of rotatable bonds is 4. The minimum atomic E-state index is -3.38. The summed E-state index contributed by atoms with van der Waals surface area (Å²) < 4.78 is 27.8. The molecule has 1 saturated heterocycles. The smallest absolute Gasteiger partial charge is 0.207 e. The summed E-state index contributed by atoms with van der Waals surface area (Å²) in [6.45, 7) is 1.21. The Hall–Kier alpha value is -1.17. The maximum absolute atomic E-state index is 12.7. The van der Waals surface area contributed by atoms with Gasteiger partial charge < -0.3 is 0 Å². The molecule has 23 heavy (non-hydrogen) atoms. The van der Waals surface area contributed by atoms with Crippen LogP contribution in [0.15, 0.2) is 64.0 Å². The second-order valence-corrected chi connectivity index (χ2v) is 8.85. The standard InChI is InChI=1S/C18H20BrNO2S/c19-17-7-4-8-18(14-17)23(21,22)20-11-9-16(10-12-20)13-15-5-2-1-3-6-15/h1-8,14,16H,9-13H2. The lowest BCUT2D eigenvalue weighted by Crippen LogP contribution is -2.38. The van der Waals surface area contributed by atoms with E-state index in [1.807, 2.05) is 12.1 Å². The Morgan fingerprint density at radius 2 is 1.70 bits per heavy atom. The predicted octanol–water partition coefficient (Wildman–Crippen LogP) is 4.09. The molecule has 0 atom stereocenters. The van der Waals surface area contributed by atoms with Gasteiger partial charge in [0, 0.05) is 17.6 Å². The molecule has 122 valence electrons. The summed E-state index contributed by atoms with van der Waals surface area (Å²) in [7, 11) is -3.38. The molecule has 3 rings (SSSR count). The van der Waals surface area contributed by atoms with Crippen molar-refractivity contribution in [3.8, 4) is 0 Å². The van der Waals surface area contributed by atoms with Gasteiger partial charge in [-0.15, -0.1) is 0 Å². The van der Waals surface area contributed by atoms with Crippen LogP contribution in [0, 0.1) is 5.92 Å². The molecular weight excluding hydrogens is 374 g/mol. The van der Waals surface area contributed by atoms with E-state index in [1.165, 1.54) is 5.56 Å². The molecule has 1 aliphatic rings. The van der Waals surface area contributed by atoms with E-state index in [4.69, 9.17) is 0 Å². The van der Waals surface area contributed by atoms with E-state index >= 15 is 0 Å². The van der Waals surface area contributed by atoms with E-state index in [9.17, 15) is 8.42 Å². The Kier molecular flexibility index (Phi) is 5.19. The summed E-state index contributed by atoms with van der Waals surface area (Å²) in [5.41, 5.74) is 1.33. The first-order valence-electron chi connectivity index (χ1n) is 7.85. The number of nitrogens with zero attached hydrogens (tertiary/aromatic N) is 1. The summed E-state index contributed by atoms with van der Waals surface area (Å²) >= 11 is 3.34. The van der Waals surface area contributed by atoms with E-state index in [0.29, 0.717) is 23.9 Å². The highest BCUT2D eigenvalue weighted by Gasteiger charge is 2.29. The van der Waals surface area contributed by atoms with Crippen molar-refractivity contribution in [2.45, 2.75) is 24.2 Å². The summed E-state index contributed by atoms with van der Waals surface area (Å²) in [6.07, 6.45) is 2.87. The summed E-state index contributed by atoms with van der Waals surface area (Å²) in [5.74, 6) is 0.561. The third-order valence-corrected chi connectivity index (χ3v) is 6.76. The number of hydrogen-bond donors (Lipinski definition) is 0. The summed E-state index contributed by atoms with van der Waals surface area (Å²) in [5, 5.41) is 0. The third kappa shape index (κ3) is 4.03. The molecule has 0 aromatic heterocycles. The van der Waals surface area contributed by atoms with Crippen molar-refractivity contribution >= 4 is 26.0 Å². The largest absolute Gasteiger partial charge is 0.243 e. The first-order valence-corrected chi connectivity index (χ1v) is 10.1. The van der Waals surface area contributed by atoms with Crippen molar-refractivity contribution in [1.29, 1.82) is 0 Å². The molecule has 2 aromatic rings. The van der Waals surface area contributed by atoms with Crippen LogP contribution in [0.25, 0.3) is 0 Å². The molecule has 0 N–H and O–H groups in total. The maximum Gasteiger partial charge on any atom is 0.243 e. The van der Waals surface area contributed by atoms with Gasteiger partial charge in [0.25, 0.3) is 0 Å². The zero-order valence-electron chi connectivity index (χ0n) is 12.9. The molecule has 0 unspecified atom stereocenters. The Morgan fingerprint density at radius 1 is 1.00 bits per heavy atom.